The van der Waals surface area contributed by atoms with Crippen molar-refractivity contribution in [1.82, 2.24) is 0 Å². The van der Waals surface area contributed by atoms with E-state index in [0.717, 1.165) is 12.0 Å². The van der Waals surface area contributed by atoms with Gasteiger partial charge in [-0.05, 0) is 17.7 Å². The van der Waals surface area contributed by atoms with Gasteiger partial charge in [0.1, 0.15) is 17.9 Å². The zero-order valence-electron chi connectivity index (χ0n) is 13.5. The molecule has 0 saturated carbocycles. The smallest absolute Gasteiger partial charge is 0.344 e. The number of rotatable bonds is 8. The maximum atomic E-state index is 12.3. The predicted octanol–water partition coefficient (Wildman–Crippen LogP) is 4.20. The van der Waals surface area contributed by atoms with E-state index in [0.29, 0.717) is 24.3 Å². The minimum Gasteiger partial charge on any atom is -0.488 e. The minimum absolute atomic E-state index is 0.397. The van der Waals surface area contributed by atoms with Gasteiger partial charge in [0.25, 0.3) is 0 Å². The van der Waals surface area contributed by atoms with Gasteiger partial charge in [-0.2, -0.15) is 0 Å². The summed E-state index contributed by atoms with van der Waals surface area (Å²) in [6, 6.07) is 16.9. The van der Waals surface area contributed by atoms with E-state index in [1.807, 2.05) is 43.3 Å². The molecule has 1 unspecified atom stereocenters. The molecule has 1 atom stereocenters. The molecule has 0 aliphatic heterocycles. The van der Waals surface area contributed by atoms with Gasteiger partial charge in [-0.1, -0.05) is 55.8 Å². The van der Waals surface area contributed by atoms with E-state index < -0.39 is 12.3 Å². The lowest BCUT2D eigenvalue weighted by Gasteiger charge is -2.17. The second-order valence-corrected chi connectivity index (χ2v) is 5.13. The van der Waals surface area contributed by atoms with Crippen molar-refractivity contribution in [3.8, 4) is 5.75 Å². The molecule has 0 saturated heterocycles. The average Bonchev–Trinajstić information content (AvgIpc) is 2.60. The van der Waals surface area contributed by atoms with Crippen LogP contribution in [0.5, 0.6) is 5.75 Å². The van der Waals surface area contributed by atoms with E-state index >= 15 is 0 Å². The van der Waals surface area contributed by atoms with Crippen LogP contribution >= 0.6 is 0 Å². The molecule has 0 N–H and O–H groups in total. The van der Waals surface area contributed by atoms with Crippen molar-refractivity contribution >= 4 is 5.97 Å². The van der Waals surface area contributed by atoms with Gasteiger partial charge in [0.15, 0.2) is 0 Å². The molecule has 0 fully saturated rings. The first-order valence-electron chi connectivity index (χ1n) is 7.74. The van der Waals surface area contributed by atoms with Crippen molar-refractivity contribution in [1.29, 1.82) is 0 Å². The highest BCUT2D eigenvalue weighted by Gasteiger charge is 2.18. The molecule has 2 rings (SSSR count). The standard InChI is InChI=1S/C19H22O4/c1-3-9-18(21-2)23-19(20)16-12-7-8-13-17(16)22-14-15-10-5-4-6-11-15/h4-8,10-13,18H,3,9,14H2,1-2H3. The molecule has 2 aromatic rings. The van der Waals surface area contributed by atoms with Crippen molar-refractivity contribution in [2.24, 2.45) is 0 Å². The molecule has 0 spiro atoms. The number of carbonyl (C=O) groups is 1. The maximum Gasteiger partial charge on any atom is 0.344 e. The molecule has 4 nitrogen and oxygen atoms in total. The number of benzene rings is 2. The molecule has 0 aromatic heterocycles. The summed E-state index contributed by atoms with van der Waals surface area (Å²) >= 11 is 0. The summed E-state index contributed by atoms with van der Waals surface area (Å²) in [5, 5.41) is 0. The van der Waals surface area contributed by atoms with Gasteiger partial charge in [0, 0.05) is 13.5 Å². The second kappa shape index (κ2) is 8.96. The Hall–Kier alpha value is -2.33. The molecule has 0 amide bonds. The number of esters is 1. The molecular formula is C19H22O4. The third-order valence-electron chi connectivity index (χ3n) is 3.37. The quantitative estimate of drug-likeness (QED) is 0.541. The number of carbonyl (C=O) groups excluding carboxylic acids is 1. The molecule has 0 radical (unpaired) electrons. The SMILES string of the molecule is CCCC(OC)OC(=O)c1ccccc1OCc1ccccc1. The number of hydrogen-bond donors (Lipinski definition) is 0. The van der Waals surface area contributed by atoms with Crippen LogP contribution in [0.15, 0.2) is 54.6 Å². The Balaban J connectivity index is 2.05. The van der Waals surface area contributed by atoms with Crippen molar-refractivity contribution in [3.05, 3.63) is 65.7 Å². The predicted molar refractivity (Wildman–Crippen MR) is 88.3 cm³/mol. The molecule has 0 aliphatic rings. The highest BCUT2D eigenvalue weighted by Crippen LogP contribution is 2.21. The van der Waals surface area contributed by atoms with E-state index in [1.54, 1.807) is 18.2 Å². The summed E-state index contributed by atoms with van der Waals surface area (Å²) in [5.41, 5.74) is 1.44. The number of para-hydroxylation sites is 1. The highest BCUT2D eigenvalue weighted by atomic mass is 16.7. The lowest BCUT2D eigenvalue weighted by Crippen LogP contribution is -2.20. The lowest BCUT2D eigenvalue weighted by atomic mass is 10.2. The Kier molecular flexibility index (Phi) is 6.63. The fraction of sp³-hybridized carbons (Fsp3) is 0.316. The monoisotopic (exact) mass is 314 g/mol. The van der Waals surface area contributed by atoms with Crippen LogP contribution in [0.2, 0.25) is 0 Å². The Morgan fingerprint density at radius 3 is 2.43 bits per heavy atom. The van der Waals surface area contributed by atoms with Crippen LogP contribution in [0.25, 0.3) is 0 Å². The van der Waals surface area contributed by atoms with Crippen LogP contribution < -0.4 is 4.74 Å². The zero-order valence-corrected chi connectivity index (χ0v) is 13.5. The van der Waals surface area contributed by atoms with Crippen LogP contribution in [0.4, 0.5) is 0 Å². The first-order chi connectivity index (χ1) is 11.2. The van der Waals surface area contributed by atoms with Crippen molar-refractivity contribution < 1.29 is 19.0 Å². The molecule has 122 valence electrons. The fourth-order valence-electron chi connectivity index (χ4n) is 2.14. The maximum absolute atomic E-state index is 12.3. The van der Waals surface area contributed by atoms with Crippen LogP contribution in [-0.2, 0) is 16.1 Å². The Labute approximate surface area is 137 Å². The van der Waals surface area contributed by atoms with Crippen molar-refractivity contribution in [3.63, 3.8) is 0 Å². The molecule has 0 aliphatic carbocycles. The molecule has 0 heterocycles. The largest absolute Gasteiger partial charge is 0.488 e. The number of methoxy groups -OCH3 is 1. The number of ether oxygens (including phenoxy) is 3. The summed E-state index contributed by atoms with van der Waals surface area (Å²) in [5.74, 6) is 0.0710. The van der Waals surface area contributed by atoms with Gasteiger partial charge in [0.05, 0.1) is 0 Å². The molecule has 0 bridgehead atoms. The third kappa shape index (κ3) is 5.11. The fourth-order valence-corrected chi connectivity index (χ4v) is 2.14. The zero-order chi connectivity index (χ0) is 16.5. The van der Waals surface area contributed by atoms with E-state index in [-0.39, 0.29) is 0 Å². The van der Waals surface area contributed by atoms with Crippen LogP contribution in [0.1, 0.15) is 35.7 Å². The van der Waals surface area contributed by atoms with Gasteiger partial charge < -0.3 is 14.2 Å². The average molecular weight is 314 g/mol. The molecule has 4 heteroatoms. The van der Waals surface area contributed by atoms with E-state index in [2.05, 4.69) is 0 Å². The highest BCUT2D eigenvalue weighted by molar-refractivity contribution is 5.92. The van der Waals surface area contributed by atoms with Gasteiger partial charge >= 0.3 is 5.97 Å². The third-order valence-corrected chi connectivity index (χ3v) is 3.37. The van der Waals surface area contributed by atoms with Gasteiger partial charge in [-0.25, -0.2) is 4.79 Å². The van der Waals surface area contributed by atoms with Gasteiger partial charge in [-0.3, -0.25) is 0 Å². The Morgan fingerprint density at radius 2 is 1.74 bits per heavy atom. The van der Waals surface area contributed by atoms with E-state index in [9.17, 15) is 4.79 Å². The van der Waals surface area contributed by atoms with Crippen LogP contribution in [0.3, 0.4) is 0 Å². The lowest BCUT2D eigenvalue weighted by molar-refractivity contribution is -0.0934. The first kappa shape index (κ1) is 17.0. The van der Waals surface area contributed by atoms with Gasteiger partial charge in [-0.15, -0.1) is 0 Å². The topological polar surface area (TPSA) is 44.8 Å². The minimum atomic E-state index is -0.533. The van der Waals surface area contributed by atoms with Crippen LogP contribution in [0, 0.1) is 0 Å². The molecule has 23 heavy (non-hydrogen) atoms. The molecule has 2 aromatic carbocycles. The number of hydrogen-bond acceptors (Lipinski definition) is 4. The summed E-state index contributed by atoms with van der Waals surface area (Å²) in [7, 11) is 1.53. The summed E-state index contributed by atoms with van der Waals surface area (Å²) in [4.78, 5) is 12.3. The summed E-state index contributed by atoms with van der Waals surface area (Å²) in [6.07, 6.45) is 1.00. The molecular weight excluding hydrogens is 292 g/mol. The van der Waals surface area contributed by atoms with Crippen molar-refractivity contribution in [2.45, 2.75) is 32.7 Å². The van der Waals surface area contributed by atoms with E-state index in [1.165, 1.54) is 7.11 Å². The first-order valence-corrected chi connectivity index (χ1v) is 7.74. The van der Waals surface area contributed by atoms with Crippen LogP contribution in [-0.4, -0.2) is 19.4 Å². The van der Waals surface area contributed by atoms with Gasteiger partial charge in [0.2, 0.25) is 6.29 Å². The van der Waals surface area contributed by atoms with Crippen molar-refractivity contribution in [2.75, 3.05) is 7.11 Å². The van der Waals surface area contributed by atoms with E-state index in [4.69, 9.17) is 14.2 Å². The normalized spacial score (nSPS) is 11.7. The Morgan fingerprint density at radius 1 is 1.04 bits per heavy atom. The Bertz CT molecular complexity index is 610. The second-order valence-electron chi connectivity index (χ2n) is 5.13. The summed E-state index contributed by atoms with van der Waals surface area (Å²) in [6.45, 7) is 2.41. The summed E-state index contributed by atoms with van der Waals surface area (Å²) < 4.78 is 16.3.